The molecule has 0 unspecified atom stereocenters. The normalized spacial score (nSPS) is 10.4. The van der Waals surface area contributed by atoms with Gasteiger partial charge < -0.3 is 10.4 Å². The number of carbonyl (C=O) groups excluding carboxylic acids is 1. The van der Waals surface area contributed by atoms with Crippen molar-refractivity contribution in [3.05, 3.63) is 30.3 Å². The fraction of sp³-hybridized carbons (Fsp3) is 0.500. The molecule has 0 aromatic heterocycles. The number of para-hydroxylation sites is 1. The van der Waals surface area contributed by atoms with Gasteiger partial charge in [-0.3, -0.25) is 9.69 Å². The number of unbranched alkanes of at least 4 members (excludes halogenated alkanes) is 1. The number of urea groups is 1. The molecular formula is C16H24N2O3. The minimum atomic E-state index is -1.03. The first-order valence-electron chi connectivity index (χ1n) is 7.33. The van der Waals surface area contributed by atoms with E-state index in [4.69, 9.17) is 5.11 Å². The van der Waals surface area contributed by atoms with Crippen LogP contribution in [0.25, 0.3) is 0 Å². The number of amides is 2. The first-order valence-corrected chi connectivity index (χ1v) is 7.33. The summed E-state index contributed by atoms with van der Waals surface area (Å²) in [5, 5.41) is 11.7. The van der Waals surface area contributed by atoms with Gasteiger partial charge in [-0.25, -0.2) is 4.79 Å². The third-order valence-corrected chi connectivity index (χ3v) is 3.09. The van der Waals surface area contributed by atoms with Crippen LogP contribution < -0.4 is 10.2 Å². The second kappa shape index (κ2) is 9.00. The Hall–Kier alpha value is -2.04. The van der Waals surface area contributed by atoms with Gasteiger partial charge in [0.2, 0.25) is 0 Å². The number of nitrogens with zero attached hydrogens (tertiary/aromatic N) is 1. The summed E-state index contributed by atoms with van der Waals surface area (Å²) in [7, 11) is 0. The fourth-order valence-electron chi connectivity index (χ4n) is 1.99. The minimum absolute atomic E-state index is 0.345. The number of carboxylic acid groups (broad SMARTS) is 1. The molecule has 0 aliphatic carbocycles. The Labute approximate surface area is 126 Å². The highest BCUT2D eigenvalue weighted by molar-refractivity contribution is 5.96. The molecule has 5 nitrogen and oxygen atoms in total. The Bertz CT molecular complexity index is 446. The zero-order valence-corrected chi connectivity index (χ0v) is 12.7. The third kappa shape index (κ3) is 6.79. The van der Waals surface area contributed by atoms with E-state index < -0.39 is 5.97 Å². The Morgan fingerprint density at radius 1 is 1.19 bits per heavy atom. The lowest BCUT2D eigenvalue weighted by atomic mass is 10.1. The van der Waals surface area contributed by atoms with E-state index in [0.717, 1.165) is 19.3 Å². The number of aliphatic carboxylic acids is 1. The molecule has 0 fully saturated rings. The Morgan fingerprint density at radius 3 is 2.43 bits per heavy atom. The highest BCUT2D eigenvalue weighted by Crippen LogP contribution is 2.13. The predicted molar refractivity (Wildman–Crippen MR) is 83.5 cm³/mol. The molecule has 5 heteroatoms. The lowest BCUT2D eigenvalue weighted by Gasteiger charge is -2.21. The summed E-state index contributed by atoms with van der Waals surface area (Å²) < 4.78 is 0. The van der Waals surface area contributed by atoms with E-state index in [9.17, 15) is 9.59 Å². The fourth-order valence-corrected chi connectivity index (χ4v) is 1.99. The molecule has 1 aromatic carbocycles. The maximum absolute atomic E-state index is 12.1. The second-order valence-electron chi connectivity index (χ2n) is 5.44. The molecule has 21 heavy (non-hydrogen) atoms. The van der Waals surface area contributed by atoms with E-state index in [1.807, 2.05) is 6.07 Å². The summed E-state index contributed by atoms with van der Waals surface area (Å²) in [5.41, 5.74) is 0.583. The monoisotopic (exact) mass is 292 g/mol. The molecule has 116 valence electrons. The number of hydrogen-bond acceptors (Lipinski definition) is 2. The summed E-state index contributed by atoms with van der Waals surface area (Å²) in [6.45, 7) is 4.56. The third-order valence-electron chi connectivity index (χ3n) is 3.09. The van der Waals surface area contributed by atoms with Gasteiger partial charge >= 0.3 is 12.0 Å². The van der Waals surface area contributed by atoms with Crippen LogP contribution in [0.2, 0.25) is 0 Å². The van der Waals surface area contributed by atoms with Crippen LogP contribution in [-0.2, 0) is 4.79 Å². The molecule has 2 amide bonds. The largest absolute Gasteiger partial charge is 0.480 e. The van der Waals surface area contributed by atoms with Crippen LogP contribution in [0.3, 0.4) is 0 Å². The predicted octanol–water partition coefficient (Wildman–Crippen LogP) is 3.11. The molecule has 0 aliphatic rings. The van der Waals surface area contributed by atoms with Gasteiger partial charge in [0.25, 0.3) is 0 Å². The highest BCUT2D eigenvalue weighted by atomic mass is 16.4. The van der Waals surface area contributed by atoms with Crippen LogP contribution in [0.5, 0.6) is 0 Å². The van der Waals surface area contributed by atoms with Crippen LogP contribution in [0.4, 0.5) is 10.5 Å². The minimum Gasteiger partial charge on any atom is -0.480 e. The highest BCUT2D eigenvalue weighted by Gasteiger charge is 2.17. The molecule has 2 N–H and O–H groups in total. The number of carboxylic acids is 1. The maximum Gasteiger partial charge on any atom is 0.323 e. The number of hydrogen-bond donors (Lipinski definition) is 2. The quantitative estimate of drug-likeness (QED) is 0.723. The number of anilines is 1. The SMILES string of the molecule is CC(C)CCCCNC(=O)N(CC(=O)O)c1ccccc1. The molecule has 1 aromatic rings. The zero-order valence-electron chi connectivity index (χ0n) is 12.7. The van der Waals surface area contributed by atoms with Crippen molar-refractivity contribution in [2.75, 3.05) is 18.0 Å². The van der Waals surface area contributed by atoms with Gasteiger partial charge in [-0.05, 0) is 24.5 Å². The van der Waals surface area contributed by atoms with E-state index in [0.29, 0.717) is 18.2 Å². The molecule has 1 rings (SSSR count). The Kier molecular flexibility index (Phi) is 7.29. The standard InChI is InChI=1S/C16H24N2O3/c1-13(2)8-6-7-11-17-16(21)18(12-15(19)20)14-9-4-3-5-10-14/h3-5,9-10,13H,6-8,11-12H2,1-2H3,(H,17,21)(H,19,20). The van der Waals surface area contributed by atoms with Gasteiger partial charge in [-0.15, -0.1) is 0 Å². The Morgan fingerprint density at radius 2 is 1.86 bits per heavy atom. The molecule has 0 saturated carbocycles. The summed E-state index contributed by atoms with van der Waals surface area (Å²) in [5.74, 6) is -0.373. The molecule has 0 radical (unpaired) electrons. The van der Waals surface area contributed by atoms with Crippen molar-refractivity contribution in [2.45, 2.75) is 33.1 Å². The van der Waals surface area contributed by atoms with Gasteiger partial charge in [0, 0.05) is 12.2 Å². The van der Waals surface area contributed by atoms with E-state index >= 15 is 0 Å². The van der Waals surface area contributed by atoms with Crippen LogP contribution in [0.1, 0.15) is 33.1 Å². The number of nitrogens with one attached hydrogen (secondary N) is 1. The van der Waals surface area contributed by atoms with E-state index in [-0.39, 0.29) is 12.6 Å². The molecule has 0 atom stereocenters. The Balaban J connectivity index is 2.51. The van der Waals surface area contributed by atoms with Gasteiger partial charge in [-0.1, -0.05) is 44.9 Å². The number of rotatable bonds is 8. The van der Waals surface area contributed by atoms with E-state index in [2.05, 4.69) is 19.2 Å². The lowest BCUT2D eigenvalue weighted by molar-refractivity contribution is -0.135. The van der Waals surface area contributed by atoms with Crippen molar-refractivity contribution in [3.63, 3.8) is 0 Å². The van der Waals surface area contributed by atoms with Crippen LogP contribution in [-0.4, -0.2) is 30.2 Å². The number of benzene rings is 1. The first kappa shape index (κ1) is 17.0. The zero-order chi connectivity index (χ0) is 15.7. The van der Waals surface area contributed by atoms with Gasteiger partial charge in [0.15, 0.2) is 0 Å². The maximum atomic E-state index is 12.1. The summed E-state index contributed by atoms with van der Waals surface area (Å²) in [6.07, 6.45) is 3.09. The van der Waals surface area contributed by atoms with Crippen molar-refractivity contribution < 1.29 is 14.7 Å². The number of carbonyl (C=O) groups is 2. The van der Waals surface area contributed by atoms with Gasteiger partial charge in [0.1, 0.15) is 6.54 Å². The molecule has 0 aliphatic heterocycles. The smallest absolute Gasteiger partial charge is 0.323 e. The van der Waals surface area contributed by atoms with Crippen molar-refractivity contribution in [2.24, 2.45) is 5.92 Å². The van der Waals surface area contributed by atoms with Crippen molar-refractivity contribution in [1.29, 1.82) is 0 Å². The molecule has 0 bridgehead atoms. The summed E-state index contributed by atoms with van der Waals surface area (Å²) in [6, 6.07) is 8.46. The van der Waals surface area contributed by atoms with Crippen LogP contribution in [0, 0.1) is 5.92 Å². The van der Waals surface area contributed by atoms with E-state index in [1.54, 1.807) is 24.3 Å². The molecule has 0 spiro atoms. The topological polar surface area (TPSA) is 69.6 Å². The van der Waals surface area contributed by atoms with Crippen LogP contribution in [0.15, 0.2) is 30.3 Å². The van der Waals surface area contributed by atoms with Crippen molar-refractivity contribution in [1.82, 2.24) is 5.32 Å². The van der Waals surface area contributed by atoms with Crippen molar-refractivity contribution in [3.8, 4) is 0 Å². The molecule has 0 heterocycles. The van der Waals surface area contributed by atoms with E-state index in [1.165, 1.54) is 4.90 Å². The lowest BCUT2D eigenvalue weighted by Crippen LogP contribution is -2.43. The first-order chi connectivity index (χ1) is 10.0. The summed E-state index contributed by atoms with van der Waals surface area (Å²) in [4.78, 5) is 24.3. The summed E-state index contributed by atoms with van der Waals surface area (Å²) >= 11 is 0. The molecular weight excluding hydrogens is 268 g/mol. The average Bonchev–Trinajstić information content (AvgIpc) is 2.44. The molecule has 0 saturated heterocycles. The van der Waals surface area contributed by atoms with Crippen LogP contribution >= 0.6 is 0 Å². The van der Waals surface area contributed by atoms with Gasteiger partial charge in [0.05, 0.1) is 0 Å². The second-order valence-corrected chi connectivity index (χ2v) is 5.44. The van der Waals surface area contributed by atoms with Gasteiger partial charge in [-0.2, -0.15) is 0 Å². The average molecular weight is 292 g/mol. The van der Waals surface area contributed by atoms with Crippen molar-refractivity contribution >= 4 is 17.7 Å².